The fourth-order valence-electron chi connectivity index (χ4n) is 2.30. The number of rotatable bonds is 6. The van der Waals surface area contributed by atoms with Gasteiger partial charge in [0, 0.05) is 20.3 Å². The Kier molecular flexibility index (Phi) is 5.22. The van der Waals surface area contributed by atoms with Gasteiger partial charge in [0.05, 0.1) is 6.61 Å². The van der Waals surface area contributed by atoms with Gasteiger partial charge >= 0.3 is 5.97 Å². The molecule has 0 aromatic rings. The Morgan fingerprint density at radius 3 is 2.88 bits per heavy atom. The molecule has 0 aliphatic carbocycles. The van der Waals surface area contributed by atoms with Crippen molar-refractivity contribution in [2.24, 2.45) is 0 Å². The number of nitrogens with zero attached hydrogens (tertiary/aromatic N) is 1. The van der Waals surface area contributed by atoms with E-state index in [1.54, 1.807) is 7.11 Å². The minimum absolute atomic E-state index is 0.0788. The van der Waals surface area contributed by atoms with E-state index in [0.29, 0.717) is 6.61 Å². The monoisotopic (exact) mass is 229 g/mol. The summed E-state index contributed by atoms with van der Waals surface area (Å²) in [6.45, 7) is 6.94. The summed E-state index contributed by atoms with van der Waals surface area (Å²) in [5.41, 5.74) is -0.413. The van der Waals surface area contributed by atoms with E-state index >= 15 is 0 Å². The molecule has 94 valence electrons. The van der Waals surface area contributed by atoms with Crippen molar-refractivity contribution in [1.82, 2.24) is 4.90 Å². The van der Waals surface area contributed by atoms with Crippen molar-refractivity contribution in [2.75, 3.05) is 33.4 Å². The molecule has 1 saturated heterocycles. The van der Waals surface area contributed by atoms with Gasteiger partial charge in [-0.15, -0.1) is 0 Å². The van der Waals surface area contributed by atoms with Crippen molar-refractivity contribution in [3.05, 3.63) is 0 Å². The van der Waals surface area contributed by atoms with Gasteiger partial charge in [0.15, 0.2) is 0 Å². The molecule has 1 rings (SSSR count). The van der Waals surface area contributed by atoms with Crippen molar-refractivity contribution in [1.29, 1.82) is 0 Å². The van der Waals surface area contributed by atoms with Crippen LogP contribution in [0.1, 0.15) is 33.1 Å². The van der Waals surface area contributed by atoms with Gasteiger partial charge in [-0.05, 0) is 39.7 Å². The Balaban J connectivity index is 2.52. The van der Waals surface area contributed by atoms with Crippen molar-refractivity contribution in [3.8, 4) is 0 Å². The normalized spacial score (nSPS) is 25.9. The van der Waals surface area contributed by atoms with Crippen LogP contribution in [0.3, 0.4) is 0 Å². The summed E-state index contributed by atoms with van der Waals surface area (Å²) in [6, 6.07) is 0. The highest BCUT2D eigenvalue weighted by molar-refractivity contribution is 5.80. The first kappa shape index (κ1) is 13.5. The van der Waals surface area contributed by atoms with Gasteiger partial charge in [-0.25, -0.2) is 0 Å². The van der Waals surface area contributed by atoms with Gasteiger partial charge in [0.25, 0.3) is 0 Å². The lowest BCUT2D eigenvalue weighted by Gasteiger charge is -2.32. The van der Waals surface area contributed by atoms with Crippen LogP contribution in [0, 0.1) is 0 Å². The zero-order chi connectivity index (χ0) is 12.0. The Labute approximate surface area is 97.9 Å². The SMILES string of the molecule is CCOC(=O)[C@]1(C)CCCN1CCCOC. The Morgan fingerprint density at radius 1 is 1.50 bits per heavy atom. The molecule has 0 spiro atoms. The van der Waals surface area contributed by atoms with E-state index in [0.717, 1.165) is 39.0 Å². The van der Waals surface area contributed by atoms with E-state index < -0.39 is 5.54 Å². The lowest BCUT2D eigenvalue weighted by Crippen LogP contribution is -2.49. The van der Waals surface area contributed by atoms with Crippen LogP contribution >= 0.6 is 0 Å². The number of esters is 1. The van der Waals surface area contributed by atoms with E-state index in [1.807, 2.05) is 13.8 Å². The zero-order valence-electron chi connectivity index (χ0n) is 10.6. The average Bonchev–Trinajstić information content (AvgIpc) is 2.63. The van der Waals surface area contributed by atoms with Crippen LogP contribution in [0.25, 0.3) is 0 Å². The fourth-order valence-corrected chi connectivity index (χ4v) is 2.30. The lowest BCUT2D eigenvalue weighted by molar-refractivity contribution is -0.155. The van der Waals surface area contributed by atoms with E-state index in [9.17, 15) is 4.79 Å². The molecule has 0 aromatic carbocycles. The molecule has 1 aliphatic rings. The standard InChI is InChI=1S/C12H23NO3/c1-4-16-11(14)12(2)7-5-8-13(12)9-6-10-15-3/h4-10H2,1-3H3/t12-/m0/s1. The van der Waals surface area contributed by atoms with Gasteiger partial charge in [0.2, 0.25) is 0 Å². The van der Waals surface area contributed by atoms with Crippen LogP contribution in [0.2, 0.25) is 0 Å². The Morgan fingerprint density at radius 2 is 2.25 bits per heavy atom. The number of hydrogen-bond donors (Lipinski definition) is 0. The third-order valence-electron chi connectivity index (χ3n) is 3.28. The van der Waals surface area contributed by atoms with Crippen LogP contribution in [0.15, 0.2) is 0 Å². The van der Waals surface area contributed by atoms with Crippen molar-refractivity contribution >= 4 is 5.97 Å². The molecular weight excluding hydrogens is 206 g/mol. The van der Waals surface area contributed by atoms with E-state index in [4.69, 9.17) is 9.47 Å². The predicted molar refractivity (Wildman–Crippen MR) is 62.3 cm³/mol. The molecule has 0 bridgehead atoms. The molecule has 0 N–H and O–H groups in total. The maximum atomic E-state index is 11.9. The maximum absolute atomic E-state index is 11.9. The molecule has 4 nitrogen and oxygen atoms in total. The van der Waals surface area contributed by atoms with Crippen molar-refractivity contribution in [2.45, 2.75) is 38.6 Å². The molecule has 1 atom stereocenters. The summed E-state index contributed by atoms with van der Waals surface area (Å²) in [6.07, 6.45) is 2.94. The summed E-state index contributed by atoms with van der Waals surface area (Å²) in [4.78, 5) is 14.1. The van der Waals surface area contributed by atoms with Crippen LogP contribution in [0.5, 0.6) is 0 Å². The minimum Gasteiger partial charge on any atom is -0.465 e. The van der Waals surface area contributed by atoms with Gasteiger partial charge in [-0.3, -0.25) is 9.69 Å². The second kappa shape index (κ2) is 6.21. The molecular formula is C12H23NO3. The molecule has 0 amide bonds. The highest BCUT2D eigenvalue weighted by Gasteiger charge is 2.43. The first-order chi connectivity index (χ1) is 7.65. The number of hydrogen-bond acceptors (Lipinski definition) is 4. The zero-order valence-corrected chi connectivity index (χ0v) is 10.6. The smallest absolute Gasteiger partial charge is 0.326 e. The number of likely N-dealkylation sites (tertiary alicyclic amines) is 1. The summed E-state index contributed by atoms with van der Waals surface area (Å²) in [5, 5.41) is 0. The summed E-state index contributed by atoms with van der Waals surface area (Å²) in [5.74, 6) is -0.0788. The Bertz CT molecular complexity index is 232. The number of carbonyl (C=O) groups excluding carboxylic acids is 1. The third kappa shape index (κ3) is 2.95. The lowest BCUT2D eigenvalue weighted by atomic mass is 9.99. The van der Waals surface area contributed by atoms with Crippen LogP contribution in [-0.2, 0) is 14.3 Å². The third-order valence-corrected chi connectivity index (χ3v) is 3.28. The van der Waals surface area contributed by atoms with Crippen LogP contribution < -0.4 is 0 Å². The van der Waals surface area contributed by atoms with E-state index in [1.165, 1.54) is 0 Å². The molecule has 0 radical (unpaired) electrons. The van der Waals surface area contributed by atoms with Gasteiger partial charge in [-0.1, -0.05) is 0 Å². The maximum Gasteiger partial charge on any atom is 0.326 e. The number of ether oxygens (including phenoxy) is 2. The van der Waals surface area contributed by atoms with Crippen LogP contribution in [-0.4, -0.2) is 49.8 Å². The predicted octanol–water partition coefficient (Wildman–Crippen LogP) is 1.44. The van der Waals surface area contributed by atoms with Crippen molar-refractivity contribution < 1.29 is 14.3 Å². The van der Waals surface area contributed by atoms with E-state index in [-0.39, 0.29) is 5.97 Å². The molecule has 0 unspecified atom stereocenters. The quantitative estimate of drug-likeness (QED) is 0.510. The molecule has 4 heteroatoms. The second-order valence-electron chi connectivity index (χ2n) is 4.43. The van der Waals surface area contributed by atoms with Gasteiger partial charge in [-0.2, -0.15) is 0 Å². The number of methoxy groups -OCH3 is 1. The molecule has 1 heterocycles. The minimum atomic E-state index is -0.413. The fraction of sp³-hybridized carbons (Fsp3) is 0.917. The summed E-state index contributed by atoms with van der Waals surface area (Å²) in [7, 11) is 1.70. The Hall–Kier alpha value is -0.610. The highest BCUT2D eigenvalue weighted by Crippen LogP contribution is 2.30. The first-order valence-corrected chi connectivity index (χ1v) is 6.06. The first-order valence-electron chi connectivity index (χ1n) is 6.06. The molecule has 0 saturated carbocycles. The number of carbonyl (C=O) groups is 1. The summed E-state index contributed by atoms with van der Waals surface area (Å²) >= 11 is 0. The molecule has 16 heavy (non-hydrogen) atoms. The topological polar surface area (TPSA) is 38.8 Å². The van der Waals surface area contributed by atoms with Crippen LogP contribution in [0.4, 0.5) is 0 Å². The van der Waals surface area contributed by atoms with E-state index in [2.05, 4.69) is 4.90 Å². The second-order valence-corrected chi connectivity index (χ2v) is 4.43. The summed E-state index contributed by atoms with van der Waals surface area (Å²) < 4.78 is 10.2. The molecule has 0 aromatic heterocycles. The highest BCUT2D eigenvalue weighted by atomic mass is 16.5. The van der Waals surface area contributed by atoms with Gasteiger partial charge in [0.1, 0.15) is 5.54 Å². The van der Waals surface area contributed by atoms with Gasteiger partial charge < -0.3 is 9.47 Å². The molecule has 1 aliphatic heterocycles. The molecule has 1 fully saturated rings. The largest absolute Gasteiger partial charge is 0.465 e. The van der Waals surface area contributed by atoms with Crippen molar-refractivity contribution in [3.63, 3.8) is 0 Å². The average molecular weight is 229 g/mol.